The third-order valence-electron chi connectivity index (χ3n) is 8.07. The van der Waals surface area contributed by atoms with Crippen molar-refractivity contribution in [1.29, 1.82) is 0 Å². The number of rotatable bonds is 6. The highest BCUT2D eigenvalue weighted by Gasteiger charge is 2.58. The summed E-state index contributed by atoms with van der Waals surface area (Å²) in [5, 5.41) is 43.9. The van der Waals surface area contributed by atoms with Crippen molar-refractivity contribution < 1.29 is 29.7 Å². The SMILES string of the molecule is CN(C)c1cc(NCc2ccn[nH]2)c(O)c2c1C[C@H]1C[C@H]3[C@H](N(C)C)C(=O)C(C(N)=O)=C(O)[C@@]3(O)C=C1C2=O. The second kappa shape index (κ2) is 9.24. The number of phenolic OH excluding ortho intramolecular Hbond substituents is 1. The number of benzene rings is 1. The van der Waals surface area contributed by atoms with Gasteiger partial charge in [0.15, 0.2) is 11.6 Å². The molecule has 0 fully saturated rings. The summed E-state index contributed by atoms with van der Waals surface area (Å²) in [6.07, 6.45) is 3.41. The molecule has 0 saturated heterocycles. The third kappa shape index (κ3) is 3.98. The summed E-state index contributed by atoms with van der Waals surface area (Å²) >= 11 is 0. The molecule has 1 aromatic carbocycles. The minimum Gasteiger partial charge on any atom is -0.508 e. The molecule has 1 aromatic heterocycles. The van der Waals surface area contributed by atoms with E-state index in [9.17, 15) is 29.7 Å². The van der Waals surface area contributed by atoms with Crippen LogP contribution in [0.5, 0.6) is 5.75 Å². The highest BCUT2D eigenvalue weighted by Crippen LogP contribution is 2.52. The molecule has 4 atom stereocenters. The third-order valence-corrected chi connectivity index (χ3v) is 8.07. The number of H-pyrrole nitrogens is 1. The van der Waals surface area contributed by atoms with E-state index in [-0.39, 0.29) is 23.3 Å². The summed E-state index contributed by atoms with van der Waals surface area (Å²) in [7, 11) is 6.97. The van der Waals surface area contributed by atoms with Gasteiger partial charge in [-0.1, -0.05) is 0 Å². The lowest BCUT2D eigenvalue weighted by Gasteiger charge is -2.49. The predicted molar refractivity (Wildman–Crippen MR) is 142 cm³/mol. The monoisotopic (exact) mass is 536 g/mol. The highest BCUT2D eigenvalue weighted by atomic mass is 16.3. The first-order chi connectivity index (χ1) is 18.4. The van der Waals surface area contributed by atoms with Crippen molar-refractivity contribution in [1.82, 2.24) is 15.1 Å². The van der Waals surface area contributed by atoms with Gasteiger partial charge in [-0.3, -0.25) is 24.4 Å². The van der Waals surface area contributed by atoms with Gasteiger partial charge in [-0.2, -0.15) is 5.10 Å². The van der Waals surface area contributed by atoms with Crippen LogP contribution in [-0.2, 0) is 22.6 Å². The smallest absolute Gasteiger partial charge is 0.255 e. The summed E-state index contributed by atoms with van der Waals surface area (Å²) in [5.41, 5.74) is 5.41. The lowest BCUT2D eigenvalue weighted by Crippen LogP contribution is -2.61. The number of aromatic hydroxyl groups is 1. The molecule has 206 valence electrons. The molecule has 12 heteroatoms. The van der Waals surface area contributed by atoms with Crippen LogP contribution in [0.4, 0.5) is 11.4 Å². The molecular weight excluding hydrogens is 504 g/mol. The average molecular weight is 537 g/mol. The van der Waals surface area contributed by atoms with Crippen LogP contribution in [0.1, 0.15) is 28.0 Å². The second-order valence-corrected chi connectivity index (χ2v) is 10.8. The van der Waals surface area contributed by atoms with Gasteiger partial charge < -0.3 is 31.3 Å². The molecule has 12 nitrogen and oxygen atoms in total. The van der Waals surface area contributed by atoms with Crippen molar-refractivity contribution in [3.8, 4) is 5.75 Å². The number of nitrogens with two attached hydrogens (primary N) is 1. The molecule has 3 aliphatic rings. The first-order valence-electron chi connectivity index (χ1n) is 12.6. The van der Waals surface area contributed by atoms with E-state index in [0.717, 1.165) is 11.4 Å². The topological polar surface area (TPSA) is 185 Å². The van der Waals surface area contributed by atoms with E-state index in [4.69, 9.17) is 5.73 Å². The number of hydrogen-bond acceptors (Lipinski definition) is 10. The van der Waals surface area contributed by atoms with E-state index < -0.39 is 52.3 Å². The summed E-state index contributed by atoms with van der Waals surface area (Å²) < 4.78 is 0. The number of amides is 1. The molecule has 0 spiro atoms. The summed E-state index contributed by atoms with van der Waals surface area (Å²) in [6.45, 7) is 0.328. The van der Waals surface area contributed by atoms with E-state index in [1.807, 2.05) is 19.0 Å². The zero-order valence-electron chi connectivity index (χ0n) is 22.1. The number of hydrogen-bond donors (Lipinski definition) is 6. The number of nitrogens with one attached hydrogen (secondary N) is 2. The Kier molecular flexibility index (Phi) is 6.27. The molecule has 3 aliphatic carbocycles. The van der Waals surface area contributed by atoms with Gasteiger partial charge in [0.25, 0.3) is 5.91 Å². The van der Waals surface area contributed by atoms with E-state index in [2.05, 4.69) is 15.5 Å². The molecule has 1 amide bonds. The number of carbonyl (C=O) groups excluding carboxylic acids is 3. The fraction of sp³-hybridized carbons (Fsp3) is 0.407. The molecular formula is C27H32N6O6. The van der Waals surface area contributed by atoms with Crippen molar-refractivity contribution in [2.45, 2.75) is 31.0 Å². The van der Waals surface area contributed by atoms with Gasteiger partial charge in [0.05, 0.1) is 29.5 Å². The van der Waals surface area contributed by atoms with Crippen molar-refractivity contribution in [2.75, 3.05) is 38.4 Å². The molecule has 1 heterocycles. The van der Waals surface area contributed by atoms with Gasteiger partial charge in [-0.15, -0.1) is 0 Å². The molecule has 39 heavy (non-hydrogen) atoms. The van der Waals surface area contributed by atoms with Gasteiger partial charge in [0.1, 0.15) is 22.7 Å². The van der Waals surface area contributed by atoms with Crippen molar-refractivity contribution in [2.24, 2.45) is 17.6 Å². The molecule has 0 bridgehead atoms. The minimum absolute atomic E-state index is 0.104. The Bertz CT molecular complexity index is 1440. The maximum Gasteiger partial charge on any atom is 0.255 e. The largest absolute Gasteiger partial charge is 0.508 e. The van der Waals surface area contributed by atoms with Crippen LogP contribution < -0.4 is 16.0 Å². The number of Topliss-reactive ketones (excluding diaryl/α,β-unsaturated/α-hetero) is 2. The molecule has 0 unspecified atom stereocenters. The summed E-state index contributed by atoms with van der Waals surface area (Å²) in [6, 6.07) is 2.62. The first-order valence-corrected chi connectivity index (χ1v) is 12.6. The van der Waals surface area contributed by atoms with Crippen LogP contribution >= 0.6 is 0 Å². The number of allylic oxidation sites excluding steroid dienone is 1. The number of primary amides is 1. The molecule has 5 rings (SSSR count). The van der Waals surface area contributed by atoms with Gasteiger partial charge >= 0.3 is 0 Å². The number of aromatic amines is 1. The maximum absolute atomic E-state index is 14.0. The van der Waals surface area contributed by atoms with Gasteiger partial charge in [-0.05, 0) is 56.6 Å². The number of aliphatic hydroxyl groups excluding tert-OH is 1. The number of anilines is 2. The number of aliphatic hydroxyl groups is 2. The summed E-state index contributed by atoms with van der Waals surface area (Å²) in [5.74, 6) is -4.62. The van der Waals surface area contributed by atoms with Gasteiger partial charge in [0, 0.05) is 37.5 Å². The Morgan fingerprint density at radius 3 is 2.56 bits per heavy atom. The highest BCUT2D eigenvalue weighted by molar-refractivity contribution is 6.22. The van der Waals surface area contributed by atoms with Crippen LogP contribution in [0.15, 0.2) is 41.3 Å². The molecule has 2 aromatic rings. The van der Waals surface area contributed by atoms with E-state index in [0.29, 0.717) is 24.2 Å². The molecule has 0 radical (unpaired) electrons. The van der Waals surface area contributed by atoms with Crippen molar-refractivity contribution in [3.63, 3.8) is 0 Å². The number of carbonyl (C=O) groups is 3. The van der Waals surface area contributed by atoms with E-state index in [1.54, 1.807) is 37.3 Å². The number of likely N-dealkylation sites (N-methyl/N-ethyl adjacent to an activating group) is 1. The van der Waals surface area contributed by atoms with Crippen molar-refractivity contribution >= 4 is 28.8 Å². The van der Waals surface area contributed by atoms with Crippen LogP contribution in [0.25, 0.3) is 0 Å². The predicted octanol–water partition coefficient (Wildman–Crippen LogP) is 0.636. The Hall–Kier alpha value is -4.16. The second-order valence-electron chi connectivity index (χ2n) is 10.8. The normalized spacial score (nSPS) is 26.1. The fourth-order valence-corrected chi connectivity index (χ4v) is 6.26. The Morgan fingerprint density at radius 2 is 1.97 bits per heavy atom. The molecule has 0 saturated carbocycles. The van der Waals surface area contributed by atoms with Crippen LogP contribution in [-0.4, -0.2) is 87.7 Å². The van der Waals surface area contributed by atoms with E-state index in [1.165, 1.54) is 6.08 Å². The lowest BCUT2D eigenvalue weighted by atomic mass is 9.60. The first kappa shape index (κ1) is 26.4. The fourth-order valence-electron chi connectivity index (χ4n) is 6.26. The van der Waals surface area contributed by atoms with Crippen LogP contribution in [0, 0.1) is 11.8 Å². The summed E-state index contributed by atoms with van der Waals surface area (Å²) in [4.78, 5) is 42.7. The molecule has 0 aliphatic heterocycles. The standard InChI is InChI=1S/C27H32N6O6/c1-32(2)18-9-17(29-11-13-5-6-30-31-13)23(35)19-14(18)7-12-8-16-21(33(3)4)24(36)20(26(28)38)25(37)27(16,39)10-15(12)22(19)34/h5-6,9-10,12,16,21,29,35,37,39H,7-8,11H2,1-4H3,(H2,28,38)(H,30,31)/t12-,16-,21-,27+/m0/s1. The Balaban J connectivity index is 1.65. The van der Waals surface area contributed by atoms with E-state index >= 15 is 0 Å². The lowest BCUT2D eigenvalue weighted by molar-refractivity contribution is -0.133. The maximum atomic E-state index is 14.0. The minimum atomic E-state index is -2.16. The van der Waals surface area contributed by atoms with Crippen LogP contribution in [0.3, 0.4) is 0 Å². The molecule has 7 N–H and O–H groups in total. The van der Waals surface area contributed by atoms with Crippen LogP contribution in [0.2, 0.25) is 0 Å². The number of aromatic nitrogens is 2. The zero-order valence-corrected chi connectivity index (χ0v) is 22.1. The van der Waals surface area contributed by atoms with Gasteiger partial charge in [-0.25, -0.2) is 0 Å². The van der Waals surface area contributed by atoms with Gasteiger partial charge in [0.2, 0.25) is 0 Å². The van der Waals surface area contributed by atoms with Crippen molar-refractivity contribution in [3.05, 3.63) is 58.1 Å². The number of fused-ring (bicyclic) bond motifs is 3. The quantitative estimate of drug-likeness (QED) is 0.226. The number of phenols is 1. The average Bonchev–Trinajstić information content (AvgIpc) is 3.37. The number of ketones is 2. The zero-order chi connectivity index (χ0) is 28.4. The number of nitrogens with zero attached hydrogens (tertiary/aromatic N) is 3. The Morgan fingerprint density at radius 1 is 1.26 bits per heavy atom. The Labute approximate surface area is 224 Å².